The Bertz CT molecular complexity index is 391. The summed E-state index contributed by atoms with van der Waals surface area (Å²) < 4.78 is 0. The average molecular weight is 275 g/mol. The molecule has 1 aromatic rings. The van der Waals surface area contributed by atoms with Crippen LogP contribution in [0.3, 0.4) is 0 Å². The molecule has 1 aromatic heterocycles. The summed E-state index contributed by atoms with van der Waals surface area (Å²) in [4.78, 5) is 9.48. The van der Waals surface area contributed by atoms with Gasteiger partial charge in [0.05, 0.1) is 11.9 Å². The van der Waals surface area contributed by atoms with Crippen molar-refractivity contribution in [2.45, 2.75) is 52.5 Å². The van der Waals surface area contributed by atoms with Crippen LogP contribution < -0.4 is 4.90 Å². The number of nitrogens with zero attached hydrogens (tertiary/aromatic N) is 3. The lowest BCUT2D eigenvalue weighted by atomic mass is 10.1. The molecule has 0 atom stereocenters. The summed E-state index contributed by atoms with van der Waals surface area (Å²) in [5.41, 5.74) is 2.55. The van der Waals surface area contributed by atoms with Gasteiger partial charge in [0.15, 0.2) is 0 Å². The highest BCUT2D eigenvalue weighted by atomic mass is 15.3. The number of piperazine rings is 1. The molecular formula is C17H29N3. The monoisotopic (exact) mass is 275 g/mol. The van der Waals surface area contributed by atoms with E-state index in [1.54, 1.807) is 0 Å². The zero-order valence-corrected chi connectivity index (χ0v) is 13.3. The minimum atomic E-state index is 0.878. The maximum absolute atomic E-state index is 4.30. The molecule has 1 saturated heterocycles. The van der Waals surface area contributed by atoms with Crippen molar-refractivity contribution in [1.29, 1.82) is 0 Å². The van der Waals surface area contributed by atoms with Gasteiger partial charge >= 0.3 is 0 Å². The number of rotatable bonds is 2. The molecule has 112 valence electrons. The Labute approximate surface area is 124 Å². The summed E-state index contributed by atoms with van der Waals surface area (Å²) >= 11 is 0. The van der Waals surface area contributed by atoms with E-state index in [1.807, 2.05) is 26.2 Å². The second-order valence-corrected chi connectivity index (χ2v) is 5.68. The predicted octanol–water partition coefficient (Wildman–Crippen LogP) is 3.48. The first-order chi connectivity index (χ1) is 9.83. The first-order valence-electron chi connectivity index (χ1n) is 8.23. The van der Waals surface area contributed by atoms with Crippen molar-refractivity contribution in [2.24, 2.45) is 0 Å². The Morgan fingerprint density at radius 2 is 1.65 bits per heavy atom. The largest absolute Gasteiger partial charge is 0.368 e. The van der Waals surface area contributed by atoms with Crippen LogP contribution in [-0.4, -0.2) is 42.1 Å². The van der Waals surface area contributed by atoms with E-state index in [9.17, 15) is 0 Å². The highest BCUT2D eigenvalue weighted by molar-refractivity contribution is 5.46. The minimum absolute atomic E-state index is 0.878. The van der Waals surface area contributed by atoms with Crippen molar-refractivity contribution in [3.05, 3.63) is 24.0 Å². The fourth-order valence-electron chi connectivity index (χ4n) is 3.33. The summed E-state index contributed by atoms with van der Waals surface area (Å²) in [6, 6.07) is 3.13. The van der Waals surface area contributed by atoms with Crippen molar-refractivity contribution >= 4 is 5.69 Å². The summed E-state index contributed by atoms with van der Waals surface area (Å²) in [6.45, 7) is 10.9. The Kier molecular flexibility index (Phi) is 5.84. The molecule has 2 aliphatic rings. The molecule has 20 heavy (non-hydrogen) atoms. The van der Waals surface area contributed by atoms with Crippen LogP contribution in [-0.2, 0) is 0 Å². The van der Waals surface area contributed by atoms with Crippen LogP contribution in [0, 0.1) is 6.92 Å². The molecule has 2 heterocycles. The molecule has 0 spiro atoms. The van der Waals surface area contributed by atoms with Gasteiger partial charge in [0.1, 0.15) is 0 Å². The Hall–Kier alpha value is -1.09. The number of anilines is 1. The lowest BCUT2D eigenvalue weighted by Crippen LogP contribution is -2.49. The SMILES string of the molecule is CC.Cc1cncc(N2CCN(C3CCCC3)CC2)c1. The second-order valence-electron chi connectivity index (χ2n) is 5.68. The van der Waals surface area contributed by atoms with Crippen molar-refractivity contribution < 1.29 is 0 Å². The van der Waals surface area contributed by atoms with Crippen LogP contribution in [0.1, 0.15) is 45.1 Å². The molecule has 3 heteroatoms. The maximum Gasteiger partial charge on any atom is 0.0556 e. The summed E-state index contributed by atoms with van der Waals surface area (Å²) in [6.07, 6.45) is 9.65. The van der Waals surface area contributed by atoms with E-state index in [2.05, 4.69) is 27.8 Å². The summed E-state index contributed by atoms with van der Waals surface area (Å²) in [5.74, 6) is 0. The Morgan fingerprint density at radius 3 is 2.25 bits per heavy atom. The summed E-state index contributed by atoms with van der Waals surface area (Å²) in [5, 5.41) is 0. The van der Waals surface area contributed by atoms with Gasteiger partial charge in [0, 0.05) is 38.4 Å². The Balaban J connectivity index is 0.000000704. The van der Waals surface area contributed by atoms with Crippen LogP contribution in [0.4, 0.5) is 5.69 Å². The lowest BCUT2D eigenvalue weighted by Gasteiger charge is -2.39. The molecule has 3 nitrogen and oxygen atoms in total. The second kappa shape index (κ2) is 7.63. The molecule has 0 bridgehead atoms. The first kappa shape index (κ1) is 15.3. The van der Waals surface area contributed by atoms with E-state index in [4.69, 9.17) is 0 Å². The third kappa shape index (κ3) is 3.72. The topological polar surface area (TPSA) is 19.4 Å². The van der Waals surface area contributed by atoms with E-state index < -0.39 is 0 Å². The van der Waals surface area contributed by atoms with Gasteiger partial charge in [-0.1, -0.05) is 26.7 Å². The third-order valence-corrected chi connectivity index (χ3v) is 4.38. The smallest absolute Gasteiger partial charge is 0.0556 e. The molecule has 1 aliphatic heterocycles. The van der Waals surface area contributed by atoms with Gasteiger partial charge in [-0.15, -0.1) is 0 Å². The minimum Gasteiger partial charge on any atom is -0.368 e. The average Bonchev–Trinajstić information content (AvgIpc) is 3.04. The van der Waals surface area contributed by atoms with Gasteiger partial charge < -0.3 is 4.90 Å². The maximum atomic E-state index is 4.30. The number of pyridine rings is 1. The van der Waals surface area contributed by atoms with Crippen LogP contribution in [0.2, 0.25) is 0 Å². The van der Waals surface area contributed by atoms with Crippen LogP contribution in [0.15, 0.2) is 18.5 Å². The molecule has 0 aromatic carbocycles. The zero-order valence-electron chi connectivity index (χ0n) is 13.3. The molecule has 1 aliphatic carbocycles. The predicted molar refractivity (Wildman–Crippen MR) is 86.4 cm³/mol. The lowest BCUT2D eigenvalue weighted by molar-refractivity contribution is 0.187. The van der Waals surface area contributed by atoms with E-state index in [-0.39, 0.29) is 0 Å². The standard InChI is InChI=1S/C15H23N3.C2H6/c1-13-10-15(12-16-11-13)18-8-6-17(7-9-18)14-4-2-3-5-14;1-2/h10-12,14H,2-9H2,1H3;1-2H3. The highest BCUT2D eigenvalue weighted by Crippen LogP contribution is 2.25. The number of aromatic nitrogens is 1. The molecule has 0 unspecified atom stereocenters. The zero-order chi connectivity index (χ0) is 14.4. The van der Waals surface area contributed by atoms with E-state index in [0.29, 0.717) is 0 Å². The first-order valence-corrected chi connectivity index (χ1v) is 8.23. The van der Waals surface area contributed by atoms with Gasteiger partial charge in [0.2, 0.25) is 0 Å². The van der Waals surface area contributed by atoms with Crippen molar-refractivity contribution in [3.8, 4) is 0 Å². The molecule has 1 saturated carbocycles. The van der Waals surface area contributed by atoms with E-state index >= 15 is 0 Å². The highest BCUT2D eigenvalue weighted by Gasteiger charge is 2.26. The molecule has 3 rings (SSSR count). The summed E-state index contributed by atoms with van der Waals surface area (Å²) in [7, 11) is 0. The van der Waals surface area contributed by atoms with Crippen LogP contribution >= 0.6 is 0 Å². The van der Waals surface area contributed by atoms with E-state index in [1.165, 1.54) is 50.0 Å². The normalized spacial score (nSPS) is 20.6. The number of hydrogen-bond acceptors (Lipinski definition) is 3. The number of hydrogen-bond donors (Lipinski definition) is 0. The quantitative estimate of drug-likeness (QED) is 0.823. The fourth-order valence-corrected chi connectivity index (χ4v) is 3.33. The Morgan fingerprint density at radius 1 is 1.00 bits per heavy atom. The fraction of sp³-hybridized carbons (Fsp3) is 0.706. The van der Waals surface area contributed by atoms with Crippen molar-refractivity contribution in [1.82, 2.24) is 9.88 Å². The van der Waals surface area contributed by atoms with Crippen molar-refractivity contribution in [2.75, 3.05) is 31.1 Å². The van der Waals surface area contributed by atoms with Gasteiger partial charge in [0.25, 0.3) is 0 Å². The number of aryl methyl sites for hydroxylation is 1. The van der Waals surface area contributed by atoms with Gasteiger partial charge in [-0.25, -0.2) is 0 Å². The van der Waals surface area contributed by atoms with Crippen LogP contribution in [0.25, 0.3) is 0 Å². The van der Waals surface area contributed by atoms with Crippen molar-refractivity contribution in [3.63, 3.8) is 0 Å². The molecule has 0 amide bonds. The van der Waals surface area contributed by atoms with Gasteiger partial charge in [-0.05, 0) is 31.4 Å². The third-order valence-electron chi connectivity index (χ3n) is 4.38. The van der Waals surface area contributed by atoms with Gasteiger partial charge in [-0.2, -0.15) is 0 Å². The van der Waals surface area contributed by atoms with Gasteiger partial charge in [-0.3, -0.25) is 9.88 Å². The molecule has 0 radical (unpaired) electrons. The molecular weight excluding hydrogens is 246 g/mol. The molecule has 2 fully saturated rings. The van der Waals surface area contributed by atoms with Crippen LogP contribution in [0.5, 0.6) is 0 Å². The molecule has 0 N–H and O–H groups in total. The van der Waals surface area contributed by atoms with E-state index in [0.717, 1.165) is 19.1 Å².